The molecule has 1 saturated carbocycles. The van der Waals surface area contributed by atoms with Crippen LogP contribution in [-0.2, 0) is 26.2 Å². The van der Waals surface area contributed by atoms with Gasteiger partial charge >= 0.3 is 0 Å². The second-order valence-electron chi connectivity index (χ2n) is 10.1. The maximum absolute atomic E-state index is 14.4. The van der Waals surface area contributed by atoms with Crippen molar-refractivity contribution in [2.75, 3.05) is 17.1 Å². The van der Waals surface area contributed by atoms with Crippen molar-refractivity contribution in [1.29, 1.82) is 0 Å². The van der Waals surface area contributed by atoms with Crippen LogP contribution in [0.5, 0.6) is 0 Å². The number of hydrogen-bond donors (Lipinski definition) is 1. The first kappa shape index (κ1) is 28.6. The molecule has 2 aromatic rings. The van der Waals surface area contributed by atoms with E-state index in [4.69, 9.17) is 0 Å². The van der Waals surface area contributed by atoms with Crippen LogP contribution in [0.25, 0.3) is 0 Å². The third-order valence-electron chi connectivity index (χ3n) is 6.81. The number of halogens is 1. The van der Waals surface area contributed by atoms with Gasteiger partial charge in [-0.15, -0.1) is 0 Å². The molecule has 1 atom stereocenters. The highest BCUT2D eigenvalue weighted by Crippen LogP contribution is 2.23. The number of rotatable bonds is 11. The number of carbonyl (C=O) groups is 2. The zero-order chi connectivity index (χ0) is 27.2. The fourth-order valence-corrected chi connectivity index (χ4v) is 5.83. The zero-order valence-electron chi connectivity index (χ0n) is 22.2. The van der Waals surface area contributed by atoms with Crippen molar-refractivity contribution in [3.8, 4) is 0 Å². The van der Waals surface area contributed by atoms with Gasteiger partial charge in [0.25, 0.3) is 0 Å². The number of amides is 2. The van der Waals surface area contributed by atoms with Crippen molar-refractivity contribution < 1.29 is 22.4 Å². The molecular formula is C28H38FN3O4S. The Morgan fingerprint density at radius 1 is 1.08 bits per heavy atom. The molecule has 1 unspecified atom stereocenters. The number of sulfonamides is 1. The summed E-state index contributed by atoms with van der Waals surface area (Å²) < 4.78 is 40.8. The summed E-state index contributed by atoms with van der Waals surface area (Å²) in [5.74, 6) is -1.03. The minimum Gasteiger partial charge on any atom is -0.352 e. The molecule has 7 nitrogen and oxygen atoms in total. The molecule has 0 saturated heterocycles. The summed E-state index contributed by atoms with van der Waals surface area (Å²) in [6, 6.07) is 11.1. The number of nitrogens with zero attached hydrogens (tertiary/aromatic N) is 2. The quantitative estimate of drug-likeness (QED) is 0.464. The number of benzene rings is 2. The molecule has 0 heterocycles. The average molecular weight is 532 g/mol. The number of aryl methyl sites for hydroxylation is 2. The number of nitrogens with one attached hydrogen (secondary N) is 1. The largest absolute Gasteiger partial charge is 0.352 e. The molecule has 2 aromatic carbocycles. The predicted octanol–water partition coefficient (Wildman–Crippen LogP) is 4.46. The molecule has 3 rings (SSSR count). The van der Waals surface area contributed by atoms with Crippen molar-refractivity contribution in [3.63, 3.8) is 0 Å². The first-order valence-corrected chi connectivity index (χ1v) is 14.7. The van der Waals surface area contributed by atoms with Crippen LogP contribution in [-0.4, -0.2) is 50.0 Å². The molecule has 9 heteroatoms. The van der Waals surface area contributed by atoms with Crippen molar-refractivity contribution >= 4 is 27.5 Å². The molecule has 202 valence electrons. The Balaban J connectivity index is 1.74. The van der Waals surface area contributed by atoms with E-state index in [0.717, 1.165) is 43.1 Å². The molecule has 1 N–H and O–H groups in total. The lowest BCUT2D eigenvalue weighted by atomic mass is 10.1. The maximum atomic E-state index is 14.4. The molecule has 37 heavy (non-hydrogen) atoms. The van der Waals surface area contributed by atoms with Crippen molar-refractivity contribution in [2.24, 2.45) is 0 Å². The second-order valence-corrected chi connectivity index (χ2v) is 12.0. The third kappa shape index (κ3) is 8.02. The van der Waals surface area contributed by atoms with E-state index in [2.05, 4.69) is 5.32 Å². The maximum Gasteiger partial charge on any atom is 0.242 e. The van der Waals surface area contributed by atoms with E-state index in [1.807, 2.05) is 19.9 Å². The Morgan fingerprint density at radius 2 is 1.70 bits per heavy atom. The first-order chi connectivity index (χ1) is 17.5. The summed E-state index contributed by atoms with van der Waals surface area (Å²) >= 11 is 0. The lowest BCUT2D eigenvalue weighted by Crippen LogP contribution is -2.49. The van der Waals surface area contributed by atoms with Crippen LogP contribution in [0, 0.1) is 19.7 Å². The molecule has 2 amide bonds. The Hall–Kier alpha value is -2.94. The summed E-state index contributed by atoms with van der Waals surface area (Å²) in [6.45, 7) is 5.53. The summed E-state index contributed by atoms with van der Waals surface area (Å²) in [6.07, 6.45) is 5.38. The van der Waals surface area contributed by atoms with Crippen LogP contribution >= 0.6 is 0 Å². The highest BCUT2D eigenvalue weighted by atomic mass is 32.2. The van der Waals surface area contributed by atoms with E-state index >= 15 is 0 Å². The molecule has 1 aliphatic rings. The zero-order valence-corrected chi connectivity index (χ0v) is 23.0. The predicted molar refractivity (Wildman–Crippen MR) is 144 cm³/mol. The van der Waals surface area contributed by atoms with Gasteiger partial charge in [0, 0.05) is 31.1 Å². The number of anilines is 1. The lowest BCUT2D eigenvalue weighted by Gasteiger charge is -2.30. The number of carbonyl (C=O) groups excluding carboxylic acids is 2. The van der Waals surface area contributed by atoms with Crippen LogP contribution < -0.4 is 9.62 Å². The van der Waals surface area contributed by atoms with E-state index < -0.39 is 21.9 Å². The average Bonchev–Trinajstić information content (AvgIpc) is 3.32. The van der Waals surface area contributed by atoms with Crippen LogP contribution in [0.15, 0.2) is 42.5 Å². The normalized spacial score (nSPS) is 14.8. The van der Waals surface area contributed by atoms with Gasteiger partial charge in [-0.3, -0.25) is 13.9 Å². The first-order valence-electron chi connectivity index (χ1n) is 12.8. The summed E-state index contributed by atoms with van der Waals surface area (Å²) in [5.41, 5.74) is 2.76. The molecular weight excluding hydrogens is 493 g/mol. The topological polar surface area (TPSA) is 86.8 Å². The monoisotopic (exact) mass is 531 g/mol. The van der Waals surface area contributed by atoms with Crippen LogP contribution in [0.3, 0.4) is 0 Å². The van der Waals surface area contributed by atoms with Crippen LogP contribution in [0.4, 0.5) is 10.1 Å². The van der Waals surface area contributed by atoms with Gasteiger partial charge in [-0.05, 0) is 69.4 Å². The fourth-order valence-electron chi connectivity index (χ4n) is 4.88. The van der Waals surface area contributed by atoms with E-state index in [1.54, 1.807) is 37.3 Å². The number of hydrogen-bond acceptors (Lipinski definition) is 4. The van der Waals surface area contributed by atoms with Crippen molar-refractivity contribution in [1.82, 2.24) is 10.2 Å². The Kier molecular flexibility index (Phi) is 9.70. The highest BCUT2D eigenvalue weighted by Gasteiger charge is 2.29. The van der Waals surface area contributed by atoms with Gasteiger partial charge in [-0.25, -0.2) is 12.8 Å². The molecule has 0 spiro atoms. The van der Waals surface area contributed by atoms with Gasteiger partial charge < -0.3 is 10.2 Å². The molecule has 1 aliphatic carbocycles. The highest BCUT2D eigenvalue weighted by molar-refractivity contribution is 7.92. The van der Waals surface area contributed by atoms with Gasteiger partial charge in [-0.2, -0.15) is 0 Å². The smallest absolute Gasteiger partial charge is 0.242 e. The molecule has 1 fully saturated rings. The van der Waals surface area contributed by atoms with Gasteiger partial charge in [0.15, 0.2) is 0 Å². The molecule has 0 radical (unpaired) electrons. The molecule has 0 bridgehead atoms. The van der Waals surface area contributed by atoms with Gasteiger partial charge in [0.1, 0.15) is 11.9 Å². The van der Waals surface area contributed by atoms with Crippen LogP contribution in [0.2, 0.25) is 0 Å². The fraction of sp³-hybridized carbons (Fsp3) is 0.500. The standard InChI is InChI=1S/C28H38FN3O4S/c1-20-16-21(2)18-25(17-20)32(37(4,35)36)15-9-14-27(33)31(19-23-10-5-8-13-26(23)29)22(3)28(34)30-24-11-6-7-12-24/h5,8,10,13,16-18,22,24H,6-7,9,11-12,14-15,19H2,1-4H3,(H,30,34). The van der Waals surface area contributed by atoms with Gasteiger partial charge in [-0.1, -0.05) is 37.1 Å². The molecule has 0 aliphatic heterocycles. The molecule has 0 aromatic heterocycles. The summed E-state index contributed by atoms with van der Waals surface area (Å²) in [7, 11) is -3.57. The Bertz CT molecular complexity index is 1190. The minimum absolute atomic E-state index is 0.0202. The van der Waals surface area contributed by atoms with Crippen molar-refractivity contribution in [2.45, 2.75) is 77.9 Å². The SMILES string of the molecule is Cc1cc(C)cc(N(CCCC(=O)N(Cc2ccccc2F)C(C)C(=O)NC2CCCC2)S(C)(=O)=O)c1. The van der Waals surface area contributed by atoms with Crippen LogP contribution in [0.1, 0.15) is 62.1 Å². The van der Waals surface area contributed by atoms with Crippen molar-refractivity contribution in [3.05, 3.63) is 65.0 Å². The van der Waals surface area contributed by atoms with E-state index in [-0.39, 0.29) is 43.8 Å². The third-order valence-corrected chi connectivity index (χ3v) is 8.01. The summed E-state index contributed by atoms with van der Waals surface area (Å²) in [5, 5.41) is 3.03. The lowest BCUT2D eigenvalue weighted by molar-refractivity contribution is -0.141. The second kappa shape index (κ2) is 12.5. The minimum atomic E-state index is -3.57. The van der Waals surface area contributed by atoms with E-state index in [0.29, 0.717) is 11.3 Å². The Morgan fingerprint density at radius 3 is 2.30 bits per heavy atom. The van der Waals surface area contributed by atoms with E-state index in [1.165, 1.54) is 15.3 Å². The van der Waals surface area contributed by atoms with Gasteiger partial charge in [0.05, 0.1) is 11.9 Å². The van der Waals surface area contributed by atoms with E-state index in [9.17, 15) is 22.4 Å². The van der Waals surface area contributed by atoms with Gasteiger partial charge in [0.2, 0.25) is 21.8 Å². The Labute approximate surface area is 220 Å². The summed E-state index contributed by atoms with van der Waals surface area (Å²) in [4.78, 5) is 27.8.